The maximum absolute atomic E-state index is 11.2. The highest BCUT2D eigenvalue weighted by molar-refractivity contribution is 9.10. The summed E-state index contributed by atoms with van der Waals surface area (Å²) in [7, 11) is 1.44. The molecule has 0 heterocycles. The number of aldehydes is 1. The summed E-state index contributed by atoms with van der Waals surface area (Å²) >= 11 is 3.22. The van der Waals surface area contributed by atoms with Gasteiger partial charge in [-0.05, 0) is 28.1 Å². The second kappa shape index (κ2) is 5.65. The van der Waals surface area contributed by atoms with E-state index in [2.05, 4.69) is 15.9 Å². The number of ether oxygens (including phenoxy) is 2. The van der Waals surface area contributed by atoms with Crippen LogP contribution in [0.3, 0.4) is 0 Å². The van der Waals surface area contributed by atoms with E-state index in [1.807, 2.05) is 0 Å². The Bertz CT molecular complexity index is 415. The first-order chi connectivity index (χ1) is 7.62. The minimum Gasteiger partial charge on any atom is -0.493 e. The first kappa shape index (κ1) is 12.7. The highest BCUT2D eigenvalue weighted by Crippen LogP contribution is 2.36. The number of carbonyl (C=O) groups is 2. The van der Waals surface area contributed by atoms with Crippen molar-refractivity contribution in [3.05, 3.63) is 22.2 Å². The van der Waals surface area contributed by atoms with E-state index < -0.39 is 0 Å². The minimum absolute atomic E-state index is 0.269. The molecule has 5 heteroatoms. The van der Waals surface area contributed by atoms with Gasteiger partial charge in [0.15, 0.2) is 11.5 Å². The third-order valence-corrected chi connectivity index (χ3v) is 2.48. The fourth-order valence-corrected chi connectivity index (χ4v) is 1.63. The number of esters is 1. The van der Waals surface area contributed by atoms with Gasteiger partial charge in [0.05, 0.1) is 11.6 Å². The van der Waals surface area contributed by atoms with Crippen LogP contribution in [0.2, 0.25) is 0 Å². The molecule has 0 aliphatic heterocycles. The maximum atomic E-state index is 11.2. The van der Waals surface area contributed by atoms with E-state index in [-0.39, 0.29) is 12.4 Å². The zero-order valence-corrected chi connectivity index (χ0v) is 10.5. The number of benzene rings is 1. The minimum atomic E-state index is -0.363. The normalized spacial score (nSPS) is 9.69. The Morgan fingerprint density at radius 1 is 1.50 bits per heavy atom. The zero-order valence-electron chi connectivity index (χ0n) is 8.95. The van der Waals surface area contributed by atoms with Crippen LogP contribution in [0, 0.1) is 0 Å². The van der Waals surface area contributed by atoms with Crippen LogP contribution < -0.4 is 9.47 Å². The molecule has 4 nitrogen and oxygen atoms in total. The first-order valence-electron chi connectivity index (χ1n) is 4.65. The summed E-state index contributed by atoms with van der Waals surface area (Å²) in [6, 6.07) is 3.07. The molecule has 1 aromatic rings. The molecule has 1 aromatic carbocycles. The van der Waals surface area contributed by atoms with Crippen LogP contribution in [-0.2, 0) is 4.79 Å². The lowest BCUT2D eigenvalue weighted by Gasteiger charge is -2.11. The van der Waals surface area contributed by atoms with Gasteiger partial charge >= 0.3 is 5.97 Å². The SMILES string of the molecule is CCC(=O)Oc1c(Br)cc(C=O)cc1OC. The van der Waals surface area contributed by atoms with Crippen LogP contribution in [0.25, 0.3) is 0 Å². The zero-order chi connectivity index (χ0) is 12.1. The van der Waals surface area contributed by atoms with Gasteiger partial charge < -0.3 is 9.47 Å². The van der Waals surface area contributed by atoms with E-state index in [0.29, 0.717) is 27.8 Å². The molecule has 0 fully saturated rings. The molecule has 0 aromatic heterocycles. The summed E-state index contributed by atoms with van der Waals surface area (Å²) in [5.41, 5.74) is 0.444. The summed E-state index contributed by atoms with van der Waals surface area (Å²) in [6.45, 7) is 1.70. The lowest BCUT2D eigenvalue weighted by molar-refractivity contribution is -0.134. The second-order valence-corrected chi connectivity index (χ2v) is 3.83. The third-order valence-electron chi connectivity index (χ3n) is 1.89. The van der Waals surface area contributed by atoms with Gasteiger partial charge in [0.25, 0.3) is 0 Å². The maximum Gasteiger partial charge on any atom is 0.311 e. The van der Waals surface area contributed by atoms with Crippen molar-refractivity contribution < 1.29 is 19.1 Å². The number of carbonyl (C=O) groups excluding carboxylic acids is 2. The van der Waals surface area contributed by atoms with Crippen molar-refractivity contribution in [2.24, 2.45) is 0 Å². The molecule has 0 saturated carbocycles. The summed E-state index contributed by atoms with van der Waals surface area (Å²) in [4.78, 5) is 21.8. The van der Waals surface area contributed by atoms with Gasteiger partial charge in [-0.3, -0.25) is 9.59 Å². The molecule has 0 saturated heterocycles. The van der Waals surface area contributed by atoms with E-state index in [1.165, 1.54) is 13.2 Å². The van der Waals surface area contributed by atoms with E-state index in [0.717, 1.165) is 0 Å². The standard InChI is InChI=1S/C11H11BrO4/c1-3-10(14)16-11-8(12)4-7(6-13)5-9(11)15-2/h4-6H,3H2,1-2H3. The molecule has 0 unspecified atom stereocenters. The van der Waals surface area contributed by atoms with Gasteiger partial charge in [0.1, 0.15) is 6.29 Å². The molecule has 0 spiro atoms. The van der Waals surface area contributed by atoms with Crippen molar-refractivity contribution in [2.45, 2.75) is 13.3 Å². The van der Waals surface area contributed by atoms with Gasteiger partial charge in [-0.25, -0.2) is 0 Å². The van der Waals surface area contributed by atoms with Gasteiger partial charge in [0.2, 0.25) is 0 Å². The lowest BCUT2D eigenvalue weighted by Crippen LogP contribution is -2.07. The van der Waals surface area contributed by atoms with E-state index >= 15 is 0 Å². The molecule has 0 atom stereocenters. The van der Waals surface area contributed by atoms with Crippen molar-refractivity contribution in [2.75, 3.05) is 7.11 Å². The predicted octanol–water partition coefficient (Wildman–Crippen LogP) is 2.59. The Morgan fingerprint density at radius 2 is 2.19 bits per heavy atom. The molecule has 86 valence electrons. The third kappa shape index (κ3) is 2.82. The van der Waals surface area contributed by atoms with E-state index in [9.17, 15) is 9.59 Å². The Morgan fingerprint density at radius 3 is 2.69 bits per heavy atom. The largest absolute Gasteiger partial charge is 0.493 e. The summed E-state index contributed by atoms with van der Waals surface area (Å²) in [5.74, 6) is 0.274. The first-order valence-corrected chi connectivity index (χ1v) is 5.45. The second-order valence-electron chi connectivity index (χ2n) is 2.98. The summed E-state index contributed by atoms with van der Waals surface area (Å²) < 4.78 is 10.6. The Kier molecular flexibility index (Phi) is 4.49. The Labute approximate surface area is 102 Å². The summed E-state index contributed by atoms with van der Waals surface area (Å²) in [6.07, 6.45) is 0.962. The van der Waals surface area contributed by atoms with Crippen molar-refractivity contribution in [1.29, 1.82) is 0 Å². The smallest absolute Gasteiger partial charge is 0.311 e. The van der Waals surface area contributed by atoms with Crippen molar-refractivity contribution in [3.8, 4) is 11.5 Å². The fraction of sp³-hybridized carbons (Fsp3) is 0.273. The van der Waals surface area contributed by atoms with Crippen LogP contribution in [-0.4, -0.2) is 19.4 Å². The molecule has 0 radical (unpaired) electrons. The van der Waals surface area contributed by atoms with Crippen molar-refractivity contribution >= 4 is 28.2 Å². The Hall–Kier alpha value is -1.36. The predicted molar refractivity (Wildman–Crippen MR) is 62.0 cm³/mol. The molecule has 0 bridgehead atoms. The van der Waals surface area contributed by atoms with Gasteiger partial charge in [-0.15, -0.1) is 0 Å². The van der Waals surface area contributed by atoms with Crippen LogP contribution in [0.4, 0.5) is 0 Å². The van der Waals surface area contributed by atoms with Gasteiger partial charge in [-0.2, -0.15) is 0 Å². The highest BCUT2D eigenvalue weighted by Gasteiger charge is 2.14. The quantitative estimate of drug-likeness (QED) is 0.485. The van der Waals surface area contributed by atoms with Crippen LogP contribution in [0.5, 0.6) is 11.5 Å². The number of rotatable bonds is 4. The number of methoxy groups -OCH3 is 1. The molecule has 0 aliphatic carbocycles. The fourth-order valence-electron chi connectivity index (χ4n) is 1.09. The number of hydrogen-bond donors (Lipinski definition) is 0. The molecule has 0 N–H and O–H groups in total. The molecule has 1 rings (SSSR count). The Balaban J connectivity index is 3.16. The number of halogens is 1. The van der Waals surface area contributed by atoms with E-state index in [1.54, 1.807) is 13.0 Å². The molecule has 16 heavy (non-hydrogen) atoms. The highest BCUT2D eigenvalue weighted by atomic mass is 79.9. The van der Waals surface area contributed by atoms with Crippen molar-refractivity contribution in [3.63, 3.8) is 0 Å². The average Bonchev–Trinajstić information content (AvgIpc) is 2.30. The van der Waals surface area contributed by atoms with Crippen LogP contribution in [0.1, 0.15) is 23.7 Å². The summed E-state index contributed by atoms with van der Waals surface area (Å²) in [5, 5.41) is 0. The number of hydrogen-bond acceptors (Lipinski definition) is 4. The van der Waals surface area contributed by atoms with E-state index in [4.69, 9.17) is 9.47 Å². The average molecular weight is 287 g/mol. The topological polar surface area (TPSA) is 52.6 Å². The molecule has 0 aliphatic rings. The van der Waals surface area contributed by atoms with Gasteiger partial charge in [0, 0.05) is 12.0 Å². The molecular formula is C11H11BrO4. The lowest BCUT2D eigenvalue weighted by atomic mass is 10.2. The molecule has 0 amide bonds. The van der Waals surface area contributed by atoms with Crippen molar-refractivity contribution in [1.82, 2.24) is 0 Å². The van der Waals surface area contributed by atoms with Crippen LogP contribution >= 0.6 is 15.9 Å². The van der Waals surface area contributed by atoms with Crippen LogP contribution in [0.15, 0.2) is 16.6 Å². The monoisotopic (exact) mass is 286 g/mol. The van der Waals surface area contributed by atoms with Gasteiger partial charge in [-0.1, -0.05) is 6.92 Å². The molecular weight excluding hydrogens is 276 g/mol.